The largest absolute Gasteiger partial charge is 0.443 e. The van der Waals surface area contributed by atoms with Gasteiger partial charge in [-0.15, -0.1) is 0 Å². The minimum Gasteiger partial charge on any atom is -0.443 e. The van der Waals surface area contributed by atoms with Crippen LogP contribution in [-0.2, 0) is 17.8 Å². The third-order valence-electron chi connectivity index (χ3n) is 2.24. The zero-order valence-corrected chi connectivity index (χ0v) is 7.40. The topological polar surface area (TPSA) is 55.5 Å². The van der Waals surface area contributed by atoms with Gasteiger partial charge in [0.1, 0.15) is 12.4 Å². The van der Waals surface area contributed by atoms with Crippen LogP contribution in [-0.4, -0.2) is 23.3 Å². The van der Waals surface area contributed by atoms with E-state index in [-0.39, 0.29) is 6.61 Å². The van der Waals surface area contributed by atoms with Crippen LogP contribution in [0.25, 0.3) is 0 Å². The summed E-state index contributed by atoms with van der Waals surface area (Å²) < 4.78 is 10.5. The monoisotopic (exact) mass is 183 g/mol. The third-order valence-corrected chi connectivity index (χ3v) is 2.24. The summed E-state index contributed by atoms with van der Waals surface area (Å²) in [6, 6.07) is 0. The van der Waals surface area contributed by atoms with Crippen molar-refractivity contribution in [2.45, 2.75) is 19.4 Å². The molecular weight excluding hydrogens is 170 g/mol. The van der Waals surface area contributed by atoms with Crippen LogP contribution < -0.4 is 0 Å². The number of aliphatic hydroxyl groups excluding tert-OH is 1. The first kappa shape index (κ1) is 8.72. The maximum absolute atomic E-state index is 8.75. The summed E-state index contributed by atoms with van der Waals surface area (Å²) >= 11 is 0. The predicted molar refractivity (Wildman–Crippen MR) is 45.1 cm³/mol. The van der Waals surface area contributed by atoms with Gasteiger partial charge in [0.05, 0.1) is 6.20 Å². The summed E-state index contributed by atoms with van der Waals surface area (Å²) in [5, 5.41) is 8.75. The second-order valence-corrected chi connectivity index (χ2v) is 3.31. The van der Waals surface area contributed by atoms with Crippen molar-refractivity contribution in [3.8, 4) is 0 Å². The van der Waals surface area contributed by atoms with Gasteiger partial charge in [-0.2, -0.15) is 0 Å². The molecule has 1 unspecified atom stereocenters. The summed E-state index contributed by atoms with van der Waals surface area (Å²) in [7, 11) is 0. The van der Waals surface area contributed by atoms with Crippen LogP contribution in [0.4, 0.5) is 0 Å². The molecule has 1 saturated heterocycles. The average Bonchev–Trinajstić information content (AvgIpc) is 2.76. The number of hydrogen-bond donors (Lipinski definition) is 1. The second-order valence-electron chi connectivity index (χ2n) is 3.31. The Kier molecular flexibility index (Phi) is 2.61. The minimum atomic E-state index is -0.0752. The Morgan fingerprint density at radius 1 is 1.62 bits per heavy atom. The molecule has 4 heteroatoms. The summed E-state index contributed by atoms with van der Waals surface area (Å²) in [5.41, 5.74) is 0. The molecule has 0 radical (unpaired) electrons. The Labute approximate surface area is 76.5 Å². The zero-order chi connectivity index (χ0) is 9.10. The third kappa shape index (κ3) is 2.08. The summed E-state index contributed by atoms with van der Waals surface area (Å²) in [6.07, 6.45) is 3.47. The van der Waals surface area contributed by atoms with E-state index in [1.807, 2.05) is 0 Å². The van der Waals surface area contributed by atoms with E-state index in [9.17, 15) is 0 Å². The summed E-state index contributed by atoms with van der Waals surface area (Å²) in [6.45, 7) is 1.57. The van der Waals surface area contributed by atoms with Crippen LogP contribution in [0.1, 0.15) is 18.1 Å². The SMILES string of the molecule is OCc1cnc(CC2CCOC2)o1. The van der Waals surface area contributed by atoms with Crippen LogP contribution in [0, 0.1) is 5.92 Å². The van der Waals surface area contributed by atoms with E-state index in [1.165, 1.54) is 0 Å². The number of oxazole rings is 1. The van der Waals surface area contributed by atoms with E-state index in [0.717, 1.165) is 26.1 Å². The van der Waals surface area contributed by atoms with Crippen LogP contribution in [0.15, 0.2) is 10.6 Å². The van der Waals surface area contributed by atoms with Gasteiger partial charge in [-0.3, -0.25) is 0 Å². The van der Waals surface area contributed by atoms with Crippen LogP contribution in [0.3, 0.4) is 0 Å². The Balaban J connectivity index is 1.92. The lowest BCUT2D eigenvalue weighted by atomic mass is 10.1. The standard InChI is InChI=1S/C9H13NO3/c11-5-8-4-10-9(13-8)3-7-1-2-12-6-7/h4,7,11H,1-3,5-6H2. The highest BCUT2D eigenvalue weighted by Gasteiger charge is 2.18. The molecule has 2 rings (SSSR count). The lowest BCUT2D eigenvalue weighted by molar-refractivity contribution is 0.183. The Bertz CT molecular complexity index is 266. The van der Waals surface area contributed by atoms with E-state index in [4.69, 9.17) is 14.3 Å². The minimum absolute atomic E-state index is 0.0752. The average molecular weight is 183 g/mol. The normalized spacial score (nSPS) is 22.4. The van der Waals surface area contributed by atoms with E-state index in [0.29, 0.717) is 17.6 Å². The fraction of sp³-hybridized carbons (Fsp3) is 0.667. The van der Waals surface area contributed by atoms with Gasteiger partial charge in [-0.1, -0.05) is 0 Å². The highest BCUT2D eigenvalue weighted by molar-refractivity contribution is 4.93. The van der Waals surface area contributed by atoms with Gasteiger partial charge in [0.25, 0.3) is 0 Å². The quantitative estimate of drug-likeness (QED) is 0.751. The molecule has 1 aromatic heterocycles. The first-order valence-electron chi connectivity index (χ1n) is 4.50. The molecule has 72 valence electrons. The van der Waals surface area contributed by atoms with Gasteiger partial charge in [-0.25, -0.2) is 4.98 Å². The van der Waals surface area contributed by atoms with Crippen molar-refractivity contribution < 1.29 is 14.3 Å². The predicted octanol–water partition coefficient (Wildman–Crippen LogP) is 0.746. The number of rotatable bonds is 3. The molecule has 0 amide bonds. The number of aromatic nitrogens is 1. The smallest absolute Gasteiger partial charge is 0.194 e. The van der Waals surface area contributed by atoms with Crippen molar-refractivity contribution in [3.05, 3.63) is 17.8 Å². The Hall–Kier alpha value is -0.870. The molecule has 1 atom stereocenters. The van der Waals surface area contributed by atoms with Crippen LogP contribution >= 0.6 is 0 Å². The first-order chi connectivity index (χ1) is 6.38. The lowest BCUT2D eigenvalue weighted by Crippen LogP contribution is -2.03. The number of nitrogens with zero attached hydrogens (tertiary/aromatic N) is 1. The van der Waals surface area contributed by atoms with Crippen molar-refractivity contribution in [3.63, 3.8) is 0 Å². The van der Waals surface area contributed by atoms with E-state index >= 15 is 0 Å². The van der Waals surface area contributed by atoms with Crippen molar-refractivity contribution in [1.82, 2.24) is 4.98 Å². The molecule has 0 bridgehead atoms. The zero-order valence-electron chi connectivity index (χ0n) is 7.40. The molecule has 0 aromatic carbocycles. The highest BCUT2D eigenvalue weighted by atomic mass is 16.5. The summed E-state index contributed by atoms with van der Waals surface area (Å²) in [5.74, 6) is 1.78. The molecule has 0 aliphatic carbocycles. The molecule has 13 heavy (non-hydrogen) atoms. The van der Waals surface area contributed by atoms with Crippen LogP contribution in [0.5, 0.6) is 0 Å². The van der Waals surface area contributed by atoms with Crippen molar-refractivity contribution in [2.24, 2.45) is 5.92 Å². The molecule has 4 nitrogen and oxygen atoms in total. The maximum atomic E-state index is 8.75. The van der Waals surface area contributed by atoms with Gasteiger partial charge in [0, 0.05) is 19.6 Å². The van der Waals surface area contributed by atoms with Crippen molar-refractivity contribution in [2.75, 3.05) is 13.2 Å². The van der Waals surface area contributed by atoms with Crippen molar-refractivity contribution >= 4 is 0 Å². The first-order valence-corrected chi connectivity index (χ1v) is 4.50. The lowest BCUT2D eigenvalue weighted by Gasteiger charge is -2.01. The highest BCUT2D eigenvalue weighted by Crippen LogP contribution is 2.17. The summed E-state index contributed by atoms with van der Waals surface area (Å²) in [4.78, 5) is 4.07. The van der Waals surface area contributed by atoms with Gasteiger partial charge in [0.2, 0.25) is 0 Å². The maximum Gasteiger partial charge on any atom is 0.194 e. The van der Waals surface area contributed by atoms with E-state index < -0.39 is 0 Å². The number of ether oxygens (including phenoxy) is 1. The van der Waals surface area contributed by atoms with Crippen molar-refractivity contribution in [1.29, 1.82) is 0 Å². The molecule has 0 saturated carbocycles. The fourth-order valence-corrected chi connectivity index (χ4v) is 1.51. The van der Waals surface area contributed by atoms with E-state index in [2.05, 4.69) is 4.98 Å². The Morgan fingerprint density at radius 2 is 2.54 bits per heavy atom. The molecule has 2 heterocycles. The van der Waals surface area contributed by atoms with Gasteiger partial charge in [-0.05, 0) is 12.3 Å². The molecule has 1 fully saturated rings. The van der Waals surface area contributed by atoms with Crippen LogP contribution in [0.2, 0.25) is 0 Å². The molecule has 1 aromatic rings. The second kappa shape index (κ2) is 3.89. The van der Waals surface area contributed by atoms with Gasteiger partial charge < -0.3 is 14.3 Å². The van der Waals surface area contributed by atoms with Gasteiger partial charge in [0.15, 0.2) is 5.89 Å². The molecule has 0 spiro atoms. The Morgan fingerprint density at radius 3 is 3.15 bits per heavy atom. The fourth-order valence-electron chi connectivity index (χ4n) is 1.51. The number of aliphatic hydroxyl groups is 1. The number of hydrogen-bond acceptors (Lipinski definition) is 4. The molecule has 1 aliphatic heterocycles. The van der Waals surface area contributed by atoms with Gasteiger partial charge >= 0.3 is 0 Å². The molecule has 1 N–H and O–H groups in total. The van der Waals surface area contributed by atoms with E-state index in [1.54, 1.807) is 6.20 Å². The molecular formula is C9H13NO3. The molecule has 1 aliphatic rings.